The van der Waals surface area contributed by atoms with Crippen LogP contribution < -0.4 is 21.1 Å². The lowest BCUT2D eigenvalue weighted by molar-refractivity contribution is -0.133. The molecule has 5 atom stereocenters. The van der Waals surface area contributed by atoms with E-state index in [4.69, 9.17) is 15.2 Å². The predicted octanol–water partition coefficient (Wildman–Crippen LogP) is 0.516. The Bertz CT molecular complexity index is 1020. The summed E-state index contributed by atoms with van der Waals surface area (Å²) >= 11 is 0. The number of ether oxygens (including phenoxy) is 2. The Morgan fingerprint density at radius 1 is 1.00 bits per heavy atom. The van der Waals surface area contributed by atoms with Gasteiger partial charge in [0.1, 0.15) is 23.4 Å². The molecule has 2 aromatic rings. The van der Waals surface area contributed by atoms with E-state index in [1.165, 1.54) is 6.92 Å². The number of nitrogens with two attached hydrogens (primary N) is 1. The quantitative estimate of drug-likeness (QED) is 0.322. The van der Waals surface area contributed by atoms with Gasteiger partial charge in [0, 0.05) is 6.42 Å². The minimum atomic E-state index is -1.21. The Kier molecular flexibility index (Phi) is 8.61. The van der Waals surface area contributed by atoms with E-state index in [2.05, 4.69) is 10.6 Å². The van der Waals surface area contributed by atoms with Crippen molar-refractivity contribution in [1.29, 1.82) is 0 Å². The third kappa shape index (κ3) is 7.11. The molecule has 3 rings (SSSR count). The number of hydrogen-bond donors (Lipinski definition) is 4. The van der Waals surface area contributed by atoms with Crippen molar-refractivity contribution >= 4 is 17.6 Å². The molecule has 0 radical (unpaired) electrons. The summed E-state index contributed by atoms with van der Waals surface area (Å²) in [4.78, 5) is 39.1. The van der Waals surface area contributed by atoms with Crippen LogP contribution in [0.4, 0.5) is 0 Å². The molecule has 2 amide bonds. The second kappa shape index (κ2) is 11.4. The molecule has 0 spiro atoms. The Hall–Kier alpha value is -3.27. The number of ketones is 1. The molecule has 9 heteroatoms. The number of methoxy groups -OCH3 is 1. The van der Waals surface area contributed by atoms with Gasteiger partial charge in [-0.15, -0.1) is 0 Å². The fourth-order valence-corrected chi connectivity index (χ4v) is 3.64. The van der Waals surface area contributed by atoms with Gasteiger partial charge in [0.05, 0.1) is 25.9 Å². The van der Waals surface area contributed by atoms with E-state index in [0.717, 1.165) is 11.1 Å². The molecule has 1 aliphatic heterocycles. The fraction of sp³-hybridized carbons (Fsp3) is 0.423. The molecule has 0 saturated carbocycles. The number of benzene rings is 2. The SMILES string of the molecule is COc1ccc(C[C@H](NC(=O)[C@@H](N)[C@H](C)O)C(=O)N[C@@H](Cc2ccccc2)C(=O)[C@@]2(C)CO2)cc1. The minimum absolute atomic E-state index is 0.147. The van der Waals surface area contributed by atoms with E-state index in [0.29, 0.717) is 12.4 Å². The van der Waals surface area contributed by atoms with E-state index in [1.807, 2.05) is 30.3 Å². The lowest BCUT2D eigenvalue weighted by Crippen LogP contribution is -2.58. The number of hydrogen-bond acceptors (Lipinski definition) is 7. The highest BCUT2D eigenvalue weighted by molar-refractivity contribution is 5.98. The van der Waals surface area contributed by atoms with E-state index < -0.39 is 41.6 Å². The predicted molar refractivity (Wildman–Crippen MR) is 130 cm³/mol. The molecule has 0 bridgehead atoms. The molecular weight excluding hydrogens is 450 g/mol. The van der Waals surface area contributed by atoms with Crippen LogP contribution >= 0.6 is 0 Å². The van der Waals surface area contributed by atoms with Crippen molar-refractivity contribution in [3.05, 3.63) is 65.7 Å². The first-order valence-electron chi connectivity index (χ1n) is 11.5. The number of aliphatic hydroxyl groups excluding tert-OH is 1. The molecular formula is C26H33N3O6. The summed E-state index contributed by atoms with van der Waals surface area (Å²) < 4.78 is 10.5. The van der Waals surface area contributed by atoms with Crippen LogP contribution in [-0.2, 0) is 32.0 Å². The van der Waals surface area contributed by atoms with Gasteiger partial charge in [0.25, 0.3) is 0 Å². The number of aliphatic hydroxyl groups is 1. The molecule has 5 N–H and O–H groups in total. The number of carbonyl (C=O) groups excluding carboxylic acids is 3. The molecule has 0 aliphatic carbocycles. The van der Waals surface area contributed by atoms with Gasteiger partial charge in [-0.05, 0) is 43.5 Å². The van der Waals surface area contributed by atoms with E-state index in [1.54, 1.807) is 38.3 Å². The van der Waals surface area contributed by atoms with E-state index in [9.17, 15) is 19.5 Å². The number of epoxide rings is 1. The largest absolute Gasteiger partial charge is 0.497 e. The Morgan fingerprint density at radius 3 is 2.09 bits per heavy atom. The summed E-state index contributed by atoms with van der Waals surface area (Å²) in [6.45, 7) is 3.38. The molecule has 35 heavy (non-hydrogen) atoms. The second-order valence-corrected chi connectivity index (χ2v) is 9.01. The van der Waals surface area contributed by atoms with Gasteiger partial charge in [-0.2, -0.15) is 0 Å². The van der Waals surface area contributed by atoms with Gasteiger partial charge in [-0.25, -0.2) is 0 Å². The van der Waals surface area contributed by atoms with Gasteiger partial charge in [-0.1, -0.05) is 42.5 Å². The lowest BCUT2D eigenvalue weighted by Gasteiger charge is -2.25. The molecule has 1 aliphatic rings. The number of amides is 2. The van der Waals surface area contributed by atoms with Crippen molar-refractivity contribution in [3.63, 3.8) is 0 Å². The standard InChI is InChI=1S/C26H33N3O6/c1-16(30)22(27)25(33)29-21(14-18-9-11-19(34-3)12-10-18)24(32)28-20(23(31)26(2)15-35-26)13-17-7-5-4-6-8-17/h4-12,16,20-22,30H,13-15,27H2,1-3H3,(H,28,32)(H,29,33)/t16-,20-,21-,22-,26+/m0/s1. The molecule has 9 nitrogen and oxygen atoms in total. The molecule has 1 saturated heterocycles. The monoisotopic (exact) mass is 483 g/mol. The number of Topliss-reactive ketones (excluding diaryl/α,β-unsaturated/α-hetero) is 1. The van der Waals surface area contributed by atoms with Crippen molar-refractivity contribution < 1.29 is 29.0 Å². The van der Waals surface area contributed by atoms with Crippen LogP contribution in [0.25, 0.3) is 0 Å². The smallest absolute Gasteiger partial charge is 0.243 e. The Labute approximate surface area is 205 Å². The van der Waals surface area contributed by atoms with Gasteiger partial charge < -0.3 is 30.9 Å². The number of nitrogens with one attached hydrogen (secondary N) is 2. The fourth-order valence-electron chi connectivity index (χ4n) is 3.64. The van der Waals surface area contributed by atoms with Crippen LogP contribution in [0.15, 0.2) is 54.6 Å². The lowest BCUT2D eigenvalue weighted by atomic mass is 9.94. The van der Waals surface area contributed by atoms with Crippen LogP contribution in [0.2, 0.25) is 0 Å². The molecule has 2 aromatic carbocycles. The van der Waals surface area contributed by atoms with Crippen molar-refractivity contribution in [2.75, 3.05) is 13.7 Å². The average molecular weight is 484 g/mol. The first kappa shape index (κ1) is 26.3. The van der Waals surface area contributed by atoms with Crippen LogP contribution in [-0.4, -0.2) is 66.3 Å². The normalized spacial score (nSPS) is 20.1. The maximum absolute atomic E-state index is 13.4. The number of carbonyl (C=O) groups is 3. The van der Waals surface area contributed by atoms with Gasteiger partial charge in [-0.3, -0.25) is 14.4 Å². The highest BCUT2D eigenvalue weighted by Crippen LogP contribution is 2.29. The molecule has 1 heterocycles. The summed E-state index contributed by atoms with van der Waals surface area (Å²) in [6.07, 6.45) is -0.673. The van der Waals surface area contributed by atoms with E-state index in [-0.39, 0.29) is 18.6 Å². The first-order valence-corrected chi connectivity index (χ1v) is 11.5. The van der Waals surface area contributed by atoms with Crippen LogP contribution in [0.1, 0.15) is 25.0 Å². The van der Waals surface area contributed by atoms with Crippen molar-refractivity contribution in [2.45, 2.75) is 56.5 Å². The zero-order valence-corrected chi connectivity index (χ0v) is 20.2. The third-order valence-corrected chi connectivity index (χ3v) is 6.07. The Morgan fingerprint density at radius 2 is 1.54 bits per heavy atom. The summed E-state index contributed by atoms with van der Waals surface area (Å²) in [6, 6.07) is 13.3. The molecule has 1 fully saturated rings. The highest BCUT2D eigenvalue weighted by Gasteiger charge is 2.50. The molecule has 0 aromatic heterocycles. The summed E-state index contributed by atoms with van der Waals surface area (Å²) in [5, 5.41) is 15.2. The molecule has 0 unspecified atom stereocenters. The first-order chi connectivity index (χ1) is 16.6. The topological polar surface area (TPSA) is 143 Å². The maximum atomic E-state index is 13.4. The average Bonchev–Trinajstić information content (AvgIpc) is 3.61. The summed E-state index contributed by atoms with van der Waals surface area (Å²) in [5.41, 5.74) is 6.48. The highest BCUT2D eigenvalue weighted by atomic mass is 16.6. The maximum Gasteiger partial charge on any atom is 0.243 e. The second-order valence-electron chi connectivity index (χ2n) is 9.01. The van der Waals surface area contributed by atoms with Gasteiger partial charge in [0.15, 0.2) is 5.78 Å². The van der Waals surface area contributed by atoms with Crippen molar-refractivity contribution in [3.8, 4) is 5.75 Å². The molecule has 188 valence electrons. The zero-order valence-electron chi connectivity index (χ0n) is 20.2. The Balaban J connectivity index is 1.81. The zero-order chi connectivity index (χ0) is 25.6. The number of rotatable bonds is 12. The van der Waals surface area contributed by atoms with Crippen molar-refractivity contribution in [1.82, 2.24) is 10.6 Å². The van der Waals surface area contributed by atoms with Crippen LogP contribution in [0.5, 0.6) is 5.75 Å². The third-order valence-electron chi connectivity index (χ3n) is 6.07. The summed E-state index contributed by atoms with van der Waals surface area (Å²) in [7, 11) is 1.55. The van der Waals surface area contributed by atoms with Crippen LogP contribution in [0, 0.1) is 0 Å². The summed E-state index contributed by atoms with van der Waals surface area (Å²) in [5.74, 6) is -0.784. The minimum Gasteiger partial charge on any atom is -0.497 e. The van der Waals surface area contributed by atoms with Crippen LogP contribution in [0.3, 0.4) is 0 Å². The van der Waals surface area contributed by atoms with Crippen molar-refractivity contribution in [2.24, 2.45) is 5.73 Å². The van der Waals surface area contributed by atoms with E-state index >= 15 is 0 Å². The van der Waals surface area contributed by atoms with Gasteiger partial charge >= 0.3 is 0 Å². The van der Waals surface area contributed by atoms with Gasteiger partial charge in [0.2, 0.25) is 11.8 Å².